The van der Waals surface area contributed by atoms with Crippen LogP contribution in [-0.2, 0) is 16.1 Å². The first-order valence-electron chi connectivity index (χ1n) is 9.27. The minimum atomic E-state index is -0.268. The van der Waals surface area contributed by atoms with E-state index in [-0.39, 0.29) is 17.7 Å². The monoisotopic (exact) mass is 378 g/mol. The maximum absolute atomic E-state index is 12.5. The summed E-state index contributed by atoms with van der Waals surface area (Å²) in [5.41, 5.74) is 0.851. The van der Waals surface area contributed by atoms with E-state index in [9.17, 15) is 9.59 Å². The van der Waals surface area contributed by atoms with Crippen molar-refractivity contribution in [2.75, 3.05) is 19.8 Å². The van der Waals surface area contributed by atoms with Crippen LogP contribution < -0.4 is 14.8 Å². The first-order valence-corrected chi connectivity index (χ1v) is 9.65. The summed E-state index contributed by atoms with van der Waals surface area (Å²) in [6, 6.07) is 3.95. The van der Waals surface area contributed by atoms with Gasteiger partial charge in [0.1, 0.15) is 13.2 Å². The van der Waals surface area contributed by atoms with Crippen molar-refractivity contribution >= 4 is 23.4 Å². The number of amides is 2. The van der Waals surface area contributed by atoms with E-state index >= 15 is 0 Å². The molecule has 1 N–H and O–H groups in total. The molecule has 2 heterocycles. The summed E-state index contributed by atoms with van der Waals surface area (Å²) in [4.78, 5) is 26.7. The lowest BCUT2D eigenvalue weighted by atomic mass is 10.1. The molecule has 140 valence electrons. The number of halogens is 1. The van der Waals surface area contributed by atoms with Crippen molar-refractivity contribution in [1.29, 1.82) is 0 Å². The maximum atomic E-state index is 12.5. The van der Waals surface area contributed by atoms with Gasteiger partial charge in [-0.15, -0.1) is 0 Å². The molecule has 3 aliphatic rings. The molecule has 0 radical (unpaired) electrons. The molecule has 0 bridgehead atoms. The fourth-order valence-electron chi connectivity index (χ4n) is 4.08. The molecule has 1 saturated carbocycles. The van der Waals surface area contributed by atoms with Crippen LogP contribution in [-0.4, -0.2) is 42.5 Å². The highest BCUT2D eigenvalue weighted by Gasteiger charge is 2.38. The molecule has 1 aliphatic carbocycles. The van der Waals surface area contributed by atoms with Crippen LogP contribution in [0.4, 0.5) is 0 Å². The van der Waals surface area contributed by atoms with E-state index in [0.29, 0.717) is 55.3 Å². The summed E-state index contributed by atoms with van der Waals surface area (Å²) in [5, 5.41) is 3.42. The Morgan fingerprint density at radius 1 is 1.23 bits per heavy atom. The van der Waals surface area contributed by atoms with Gasteiger partial charge in [-0.05, 0) is 30.5 Å². The number of nitrogens with zero attached hydrogens (tertiary/aromatic N) is 1. The summed E-state index contributed by atoms with van der Waals surface area (Å²) in [6.07, 6.45) is 4.79. The molecule has 1 unspecified atom stereocenters. The van der Waals surface area contributed by atoms with Crippen LogP contribution in [0.2, 0.25) is 5.02 Å². The highest BCUT2D eigenvalue weighted by atomic mass is 35.5. The second-order valence-electron chi connectivity index (χ2n) is 7.21. The van der Waals surface area contributed by atoms with Gasteiger partial charge in [-0.25, -0.2) is 0 Å². The zero-order valence-corrected chi connectivity index (χ0v) is 15.4. The molecule has 7 heteroatoms. The van der Waals surface area contributed by atoms with Gasteiger partial charge in [0.2, 0.25) is 11.8 Å². The van der Waals surface area contributed by atoms with Crippen molar-refractivity contribution in [2.24, 2.45) is 5.92 Å². The van der Waals surface area contributed by atoms with Gasteiger partial charge < -0.3 is 19.7 Å². The predicted molar refractivity (Wildman–Crippen MR) is 96.4 cm³/mol. The maximum Gasteiger partial charge on any atom is 0.225 e. The normalized spacial score (nSPS) is 22.7. The molecule has 0 spiro atoms. The third-order valence-corrected chi connectivity index (χ3v) is 5.70. The van der Waals surface area contributed by atoms with Crippen LogP contribution in [0.3, 0.4) is 0 Å². The van der Waals surface area contributed by atoms with Crippen LogP contribution in [0.15, 0.2) is 12.1 Å². The third kappa shape index (κ3) is 3.47. The number of ether oxygens (including phenoxy) is 2. The largest absolute Gasteiger partial charge is 0.486 e. The quantitative estimate of drug-likeness (QED) is 0.874. The van der Waals surface area contributed by atoms with Crippen molar-refractivity contribution in [1.82, 2.24) is 10.2 Å². The Hall–Kier alpha value is -1.95. The fourth-order valence-corrected chi connectivity index (χ4v) is 4.36. The van der Waals surface area contributed by atoms with Gasteiger partial charge in [0.05, 0.1) is 10.9 Å². The molecular weight excluding hydrogens is 356 g/mol. The molecular formula is C19H23ClN2O4. The molecule has 1 saturated heterocycles. The van der Waals surface area contributed by atoms with E-state index < -0.39 is 0 Å². The zero-order valence-electron chi connectivity index (χ0n) is 14.6. The van der Waals surface area contributed by atoms with E-state index in [2.05, 4.69) is 5.32 Å². The minimum absolute atomic E-state index is 0.0788. The molecule has 1 atom stereocenters. The fraction of sp³-hybridized carbons (Fsp3) is 0.579. The molecule has 2 fully saturated rings. The summed E-state index contributed by atoms with van der Waals surface area (Å²) >= 11 is 6.23. The van der Waals surface area contributed by atoms with Crippen molar-refractivity contribution in [2.45, 2.75) is 44.7 Å². The van der Waals surface area contributed by atoms with E-state index in [1.165, 1.54) is 12.8 Å². The number of nitrogens with one attached hydrogen (secondary N) is 1. The second kappa shape index (κ2) is 7.35. The molecule has 1 aromatic rings. The van der Waals surface area contributed by atoms with Crippen LogP contribution in [0.25, 0.3) is 0 Å². The van der Waals surface area contributed by atoms with E-state index in [4.69, 9.17) is 21.1 Å². The molecule has 2 aliphatic heterocycles. The number of rotatable bonds is 4. The van der Waals surface area contributed by atoms with E-state index in [0.717, 1.165) is 18.4 Å². The highest BCUT2D eigenvalue weighted by Crippen LogP contribution is 2.38. The first kappa shape index (κ1) is 17.5. The number of fused-ring (bicyclic) bond motifs is 1. The molecule has 26 heavy (non-hydrogen) atoms. The first-order chi connectivity index (χ1) is 12.6. The predicted octanol–water partition coefficient (Wildman–Crippen LogP) is 2.52. The van der Waals surface area contributed by atoms with Crippen molar-refractivity contribution in [3.05, 3.63) is 22.7 Å². The number of benzene rings is 1. The minimum Gasteiger partial charge on any atom is -0.486 e. The Morgan fingerprint density at radius 3 is 2.81 bits per heavy atom. The number of likely N-dealkylation sites (tertiary alicyclic amines) is 1. The Kier molecular flexibility index (Phi) is 4.94. The molecule has 4 rings (SSSR count). The summed E-state index contributed by atoms with van der Waals surface area (Å²) < 4.78 is 11.1. The Balaban J connectivity index is 1.35. The van der Waals surface area contributed by atoms with Crippen LogP contribution in [0, 0.1) is 5.92 Å². The van der Waals surface area contributed by atoms with E-state index in [1.807, 2.05) is 11.0 Å². The van der Waals surface area contributed by atoms with Gasteiger partial charge in [-0.2, -0.15) is 0 Å². The average Bonchev–Trinajstić information content (AvgIpc) is 3.29. The highest BCUT2D eigenvalue weighted by molar-refractivity contribution is 6.32. The van der Waals surface area contributed by atoms with Gasteiger partial charge in [0.25, 0.3) is 0 Å². The van der Waals surface area contributed by atoms with Gasteiger partial charge >= 0.3 is 0 Å². The Morgan fingerprint density at radius 2 is 2.00 bits per heavy atom. The molecule has 1 aromatic carbocycles. The lowest BCUT2D eigenvalue weighted by Crippen LogP contribution is -2.36. The van der Waals surface area contributed by atoms with Crippen molar-refractivity contribution < 1.29 is 19.1 Å². The lowest BCUT2D eigenvalue weighted by Gasteiger charge is -2.24. The Labute approximate surface area is 157 Å². The number of hydrogen-bond donors (Lipinski definition) is 1. The topological polar surface area (TPSA) is 67.9 Å². The Bertz CT molecular complexity index is 718. The zero-order chi connectivity index (χ0) is 18.1. The third-order valence-electron chi connectivity index (χ3n) is 5.42. The summed E-state index contributed by atoms with van der Waals surface area (Å²) in [5.74, 6) is 0.929. The second-order valence-corrected chi connectivity index (χ2v) is 7.61. The van der Waals surface area contributed by atoms with E-state index in [1.54, 1.807) is 6.07 Å². The standard InChI is InChI=1S/C19H23ClN2O4/c20-15-7-12(8-16-18(15)26-6-5-25-16)10-21-19(24)13-9-17(23)22(11-13)14-3-1-2-4-14/h7-8,13-14H,1-6,9-11H2,(H,21,24). The van der Waals surface area contributed by atoms with Crippen LogP contribution >= 0.6 is 11.6 Å². The van der Waals surface area contributed by atoms with Gasteiger partial charge in [-0.1, -0.05) is 24.4 Å². The smallest absolute Gasteiger partial charge is 0.225 e. The SMILES string of the molecule is O=C(NCc1cc(Cl)c2c(c1)OCCO2)C1CC(=O)N(C2CCCC2)C1. The van der Waals surface area contributed by atoms with Crippen LogP contribution in [0.1, 0.15) is 37.7 Å². The molecule has 0 aromatic heterocycles. The van der Waals surface area contributed by atoms with Gasteiger partial charge in [0, 0.05) is 25.6 Å². The number of carbonyl (C=O) groups excluding carboxylic acids is 2. The van der Waals surface area contributed by atoms with Crippen molar-refractivity contribution in [3.8, 4) is 11.5 Å². The van der Waals surface area contributed by atoms with Crippen LogP contribution in [0.5, 0.6) is 11.5 Å². The van der Waals surface area contributed by atoms with Gasteiger partial charge in [-0.3, -0.25) is 9.59 Å². The van der Waals surface area contributed by atoms with Gasteiger partial charge in [0.15, 0.2) is 11.5 Å². The lowest BCUT2D eigenvalue weighted by molar-refractivity contribution is -0.130. The number of carbonyl (C=O) groups is 2. The molecule has 6 nitrogen and oxygen atoms in total. The molecule has 2 amide bonds. The van der Waals surface area contributed by atoms with Crippen molar-refractivity contribution in [3.63, 3.8) is 0 Å². The summed E-state index contributed by atoms with van der Waals surface area (Å²) in [7, 11) is 0. The number of hydrogen-bond acceptors (Lipinski definition) is 4. The average molecular weight is 379 g/mol. The summed E-state index contributed by atoms with van der Waals surface area (Å²) in [6.45, 7) is 1.86.